The molecule has 1 aromatic rings. The average molecular weight is 292 g/mol. The van der Waals surface area contributed by atoms with Gasteiger partial charge in [-0.25, -0.2) is 4.79 Å². The standard InChI is InChI=1S/C10H11F3N2O.C2H4O2/c1-15(2)9(16)14-8-5-3-4-7(6-8)10(11,12)13;1-2(3)4/h3-6H,1-2H3,(H,14,16);1H3,(H,3,4). The second kappa shape index (κ2) is 7.37. The van der Waals surface area contributed by atoms with Gasteiger partial charge in [0, 0.05) is 26.7 Å². The second-order valence-corrected chi connectivity index (χ2v) is 3.92. The molecule has 0 fully saturated rings. The van der Waals surface area contributed by atoms with Crippen molar-refractivity contribution in [2.24, 2.45) is 0 Å². The molecule has 0 saturated heterocycles. The number of nitrogens with one attached hydrogen (secondary N) is 1. The molecule has 1 aromatic carbocycles. The molecule has 5 nitrogen and oxygen atoms in total. The molecule has 0 spiro atoms. The summed E-state index contributed by atoms with van der Waals surface area (Å²) in [7, 11) is 3.01. The van der Waals surface area contributed by atoms with Crippen LogP contribution in [0.15, 0.2) is 24.3 Å². The van der Waals surface area contributed by atoms with Crippen LogP contribution < -0.4 is 5.32 Å². The van der Waals surface area contributed by atoms with Crippen molar-refractivity contribution in [3.05, 3.63) is 29.8 Å². The third-order valence-corrected chi connectivity index (χ3v) is 1.85. The molecule has 8 heteroatoms. The molecule has 0 heterocycles. The maximum Gasteiger partial charge on any atom is 0.416 e. The Morgan fingerprint density at radius 1 is 1.25 bits per heavy atom. The number of hydrogen-bond acceptors (Lipinski definition) is 2. The summed E-state index contributed by atoms with van der Waals surface area (Å²) >= 11 is 0. The van der Waals surface area contributed by atoms with Gasteiger partial charge in [0.25, 0.3) is 5.97 Å². The van der Waals surface area contributed by atoms with Gasteiger partial charge in [0.15, 0.2) is 0 Å². The Labute approximate surface area is 114 Å². The fourth-order valence-corrected chi connectivity index (χ4v) is 1.01. The van der Waals surface area contributed by atoms with Gasteiger partial charge in [0.1, 0.15) is 0 Å². The largest absolute Gasteiger partial charge is 0.481 e. The smallest absolute Gasteiger partial charge is 0.416 e. The number of benzene rings is 1. The topological polar surface area (TPSA) is 69.6 Å². The van der Waals surface area contributed by atoms with Gasteiger partial charge in [-0.3, -0.25) is 4.79 Å². The van der Waals surface area contributed by atoms with Gasteiger partial charge in [0.05, 0.1) is 5.56 Å². The Morgan fingerprint density at radius 2 is 1.75 bits per heavy atom. The summed E-state index contributed by atoms with van der Waals surface area (Å²) < 4.78 is 37.0. The first-order valence-corrected chi connectivity index (χ1v) is 5.39. The Kier molecular flexibility index (Phi) is 6.54. The molecule has 1 rings (SSSR count). The lowest BCUT2D eigenvalue weighted by Gasteiger charge is -2.13. The van der Waals surface area contributed by atoms with Crippen LogP contribution in [0, 0.1) is 0 Å². The first kappa shape index (κ1) is 17.8. The Morgan fingerprint density at radius 3 is 2.15 bits per heavy atom. The minimum absolute atomic E-state index is 0.119. The predicted molar refractivity (Wildman–Crippen MR) is 67.5 cm³/mol. The van der Waals surface area contributed by atoms with E-state index in [-0.39, 0.29) is 5.69 Å². The van der Waals surface area contributed by atoms with Crippen LogP contribution in [0.2, 0.25) is 0 Å². The Balaban J connectivity index is 0.000000796. The number of alkyl halides is 3. The summed E-state index contributed by atoms with van der Waals surface area (Å²) in [5.74, 6) is -0.833. The van der Waals surface area contributed by atoms with Crippen molar-refractivity contribution in [1.82, 2.24) is 4.90 Å². The van der Waals surface area contributed by atoms with E-state index in [0.29, 0.717) is 0 Å². The van der Waals surface area contributed by atoms with Gasteiger partial charge < -0.3 is 15.3 Å². The first-order valence-electron chi connectivity index (χ1n) is 5.39. The summed E-state index contributed by atoms with van der Waals surface area (Å²) in [6.45, 7) is 1.08. The molecule has 0 unspecified atom stereocenters. The SMILES string of the molecule is CC(=O)O.CN(C)C(=O)Nc1cccc(C(F)(F)F)c1. The van der Waals surface area contributed by atoms with E-state index in [4.69, 9.17) is 9.90 Å². The molecule has 20 heavy (non-hydrogen) atoms. The van der Waals surface area contributed by atoms with Crippen molar-refractivity contribution in [2.45, 2.75) is 13.1 Å². The lowest BCUT2D eigenvalue weighted by Crippen LogP contribution is -2.27. The highest BCUT2D eigenvalue weighted by atomic mass is 19.4. The van der Waals surface area contributed by atoms with Gasteiger partial charge in [-0.2, -0.15) is 13.2 Å². The zero-order valence-electron chi connectivity index (χ0n) is 11.2. The third kappa shape index (κ3) is 7.24. The van der Waals surface area contributed by atoms with Crippen molar-refractivity contribution in [2.75, 3.05) is 19.4 Å². The summed E-state index contributed by atoms with van der Waals surface area (Å²) in [5, 5.41) is 9.76. The zero-order valence-corrected chi connectivity index (χ0v) is 11.2. The van der Waals surface area contributed by atoms with Crippen molar-refractivity contribution in [3.8, 4) is 0 Å². The van der Waals surface area contributed by atoms with Crippen LogP contribution in [0.4, 0.5) is 23.7 Å². The van der Waals surface area contributed by atoms with Crippen molar-refractivity contribution >= 4 is 17.7 Å². The molecule has 0 bridgehead atoms. The number of carboxylic acids is 1. The molecular formula is C12H15F3N2O3. The summed E-state index contributed by atoms with van der Waals surface area (Å²) in [6, 6.07) is 4.01. The lowest BCUT2D eigenvalue weighted by molar-refractivity contribution is -0.137. The number of hydrogen-bond donors (Lipinski definition) is 2. The maximum atomic E-state index is 12.3. The van der Waals surface area contributed by atoms with Crippen LogP contribution >= 0.6 is 0 Å². The van der Waals surface area contributed by atoms with Crippen molar-refractivity contribution in [3.63, 3.8) is 0 Å². The minimum Gasteiger partial charge on any atom is -0.481 e. The van der Waals surface area contributed by atoms with Gasteiger partial charge in [-0.05, 0) is 18.2 Å². The maximum absolute atomic E-state index is 12.3. The Hall–Kier alpha value is -2.25. The van der Waals surface area contributed by atoms with Crippen LogP contribution in [0.3, 0.4) is 0 Å². The van der Waals surface area contributed by atoms with Gasteiger partial charge in [-0.15, -0.1) is 0 Å². The lowest BCUT2D eigenvalue weighted by atomic mass is 10.2. The zero-order chi connectivity index (χ0) is 15.9. The fourth-order valence-electron chi connectivity index (χ4n) is 1.01. The van der Waals surface area contributed by atoms with Crippen LogP contribution in [0.25, 0.3) is 0 Å². The van der Waals surface area contributed by atoms with E-state index < -0.39 is 23.7 Å². The molecule has 2 N–H and O–H groups in total. The summed E-state index contributed by atoms with van der Waals surface area (Å²) in [6.07, 6.45) is -4.40. The number of anilines is 1. The number of carboxylic acid groups (broad SMARTS) is 1. The van der Waals surface area contributed by atoms with Crippen molar-refractivity contribution < 1.29 is 27.9 Å². The molecule has 0 saturated carbocycles. The quantitative estimate of drug-likeness (QED) is 0.836. The first-order chi connectivity index (χ1) is 9.04. The number of carbonyl (C=O) groups excluding carboxylic acids is 1. The minimum atomic E-state index is -4.40. The number of amides is 2. The van der Waals surface area contributed by atoms with Crippen molar-refractivity contribution in [1.29, 1.82) is 0 Å². The molecule has 0 aromatic heterocycles. The van der Waals surface area contributed by atoms with E-state index >= 15 is 0 Å². The number of nitrogens with zero attached hydrogens (tertiary/aromatic N) is 1. The van der Waals surface area contributed by atoms with E-state index in [2.05, 4.69) is 5.32 Å². The van der Waals surface area contributed by atoms with Gasteiger partial charge in [0.2, 0.25) is 0 Å². The molecule has 2 amide bonds. The Bertz CT molecular complexity index is 469. The molecule has 0 radical (unpaired) electrons. The normalized spacial score (nSPS) is 10.1. The highest BCUT2D eigenvalue weighted by molar-refractivity contribution is 5.88. The second-order valence-electron chi connectivity index (χ2n) is 3.92. The van der Waals surface area contributed by atoms with Crippen LogP contribution in [0.1, 0.15) is 12.5 Å². The monoisotopic (exact) mass is 292 g/mol. The number of aliphatic carboxylic acids is 1. The molecule has 112 valence electrons. The molecule has 0 atom stereocenters. The van der Waals surface area contributed by atoms with E-state index in [0.717, 1.165) is 19.1 Å². The fraction of sp³-hybridized carbons (Fsp3) is 0.333. The summed E-state index contributed by atoms with van der Waals surface area (Å²) in [5.41, 5.74) is -0.669. The van der Waals surface area contributed by atoms with Crippen LogP contribution in [-0.2, 0) is 11.0 Å². The molecule has 0 aliphatic heterocycles. The third-order valence-electron chi connectivity index (χ3n) is 1.85. The highest BCUT2D eigenvalue weighted by Gasteiger charge is 2.30. The van der Waals surface area contributed by atoms with E-state index in [1.165, 1.54) is 31.1 Å². The van der Waals surface area contributed by atoms with Crippen LogP contribution in [-0.4, -0.2) is 36.1 Å². The number of carbonyl (C=O) groups is 2. The molecule has 0 aliphatic rings. The van der Waals surface area contributed by atoms with E-state index in [1.54, 1.807) is 0 Å². The van der Waals surface area contributed by atoms with E-state index in [1.807, 2.05) is 0 Å². The van der Waals surface area contributed by atoms with Gasteiger partial charge >= 0.3 is 12.2 Å². The number of urea groups is 1. The predicted octanol–water partition coefficient (Wildman–Crippen LogP) is 2.89. The molecular weight excluding hydrogens is 277 g/mol. The number of halogens is 3. The molecule has 0 aliphatic carbocycles. The highest BCUT2D eigenvalue weighted by Crippen LogP contribution is 2.30. The number of rotatable bonds is 1. The summed E-state index contributed by atoms with van der Waals surface area (Å²) in [4.78, 5) is 21.4. The van der Waals surface area contributed by atoms with Crippen LogP contribution in [0.5, 0.6) is 0 Å². The average Bonchev–Trinajstić information content (AvgIpc) is 2.27. The van der Waals surface area contributed by atoms with E-state index in [9.17, 15) is 18.0 Å². The van der Waals surface area contributed by atoms with Gasteiger partial charge in [-0.1, -0.05) is 6.07 Å².